The molecule has 5 nitrogen and oxygen atoms in total. The van der Waals surface area contributed by atoms with Gasteiger partial charge in [0, 0.05) is 55.4 Å². The Balaban J connectivity index is 1.49. The number of phenols is 1. The second-order valence-electron chi connectivity index (χ2n) is 17.0. The maximum Gasteiger partial charge on any atom is 0.123 e. The number of H-pyrrole nitrogens is 2. The third-order valence-electron chi connectivity index (χ3n) is 11.0. The Bertz CT molecular complexity index is 2830. The molecule has 7 aromatic rings. The minimum Gasteiger partial charge on any atom is -0.507 e. The highest BCUT2D eigenvalue weighted by atomic mass is 16.3. The second-order valence-corrected chi connectivity index (χ2v) is 17.0. The zero-order chi connectivity index (χ0) is 39.5. The van der Waals surface area contributed by atoms with Crippen LogP contribution in [0.3, 0.4) is 0 Å². The van der Waals surface area contributed by atoms with Crippen molar-refractivity contribution in [1.29, 1.82) is 0 Å². The first kappa shape index (κ1) is 35.9. The molecule has 0 aliphatic carbocycles. The summed E-state index contributed by atoms with van der Waals surface area (Å²) in [6, 6.07) is 44.4. The first-order valence-electron chi connectivity index (χ1n) is 19.6. The molecule has 0 saturated heterocycles. The molecule has 0 unspecified atom stereocenters. The van der Waals surface area contributed by atoms with Crippen LogP contribution in [0.4, 0.5) is 0 Å². The van der Waals surface area contributed by atoms with Crippen molar-refractivity contribution in [2.45, 2.75) is 52.4 Å². The lowest BCUT2D eigenvalue weighted by molar-refractivity contribution is 0.423. The van der Waals surface area contributed by atoms with Gasteiger partial charge in [-0.3, -0.25) is 0 Å². The molecule has 0 saturated carbocycles. The van der Waals surface area contributed by atoms with E-state index in [0.29, 0.717) is 5.75 Å². The van der Waals surface area contributed by atoms with Gasteiger partial charge < -0.3 is 15.1 Å². The molecule has 0 atom stereocenters. The minimum absolute atomic E-state index is 0.310. The van der Waals surface area contributed by atoms with Crippen molar-refractivity contribution >= 4 is 46.4 Å². The van der Waals surface area contributed by atoms with Crippen LogP contribution < -0.4 is 0 Å². The van der Waals surface area contributed by atoms with Gasteiger partial charge in [0.25, 0.3) is 0 Å². The van der Waals surface area contributed by atoms with Gasteiger partial charge in [-0.15, -0.1) is 0 Å². The Morgan fingerprint density at radius 1 is 0.386 bits per heavy atom. The van der Waals surface area contributed by atoms with Crippen LogP contribution in [0.5, 0.6) is 5.75 Å². The van der Waals surface area contributed by atoms with E-state index in [-0.39, 0.29) is 10.8 Å². The summed E-state index contributed by atoms with van der Waals surface area (Å²) in [4.78, 5) is 18.6. The summed E-state index contributed by atoms with van der Waals surface area (Å²) < 4.78 is 0. The van der Waals surface area contributed by atoms with Gasteiger partial charge in [0.05, 0.1) is 22.8 Å². The molecule has 3 aromatic heterocycles. The number of fused-ring (bicyclic) bond motifs is 8. The number of hydrogen-bond acceptors (Lipinski definition) is 3. The van der Waals surface area contributed by atoms with Crippen molar-refractivity contribution in [2.75, 3.05) is 0 Å². The molecule has 8 bridgehead atoms. The van der Waals surface area contributed by atoms with Crippen molar-refractivity contribution in [1.82, 2.24) is 19.9 Å². The molecule has 0 fully saturated rings. The third-order valence-corrected chi connectivity index (χ3v) is 11.0. The van der Waals surface area contributed by atoms with Crippen LogP contribution in [-0.2, 0) is 10.8 Å². The number of benzene rings is 4. The fourth-order valence-corrected chi connectivity index (χ4v) is 8.16. The maximum atomic E-state index is 11.8. The van der Waals surface area contributed by atoms with Crippen molar-refractivity contribution in [3.63, 3.8) is 0 Å². The average molecular weight is 743 g/mol. The molecule has 280 valence electrons. The van der Waals surface area contributed by atoms with Gasteiger partial charge in [0.2, 0.25) is 0 Å². The van der Waals surface area contributed by atoms with Crippen LogP contribution in [-0.4, -0.2) is 25.0 Å². The summed E-state index contributed by atoms with van der Waals surface area (Å²) in [7, 11) is 0. The van der Waals surface area contributed by atoms with E-state index in [1.807, 2.05) is 18.2 Å². The fraction of sp³-hybridized carbons (Fsp3) is 0.154. The number of nitrogens with one attached hydrogen (secondary N) is 2. The largest absolute Gasteiger partial charge is 0.507 e. The van der Waals surface area contributed by atoms with Gasteiger partial charge in [0.1, 0.15) is 5.75 Å². The first-order chi connectivity index (χ1) is 27.4. The number of aromatic hydroxyl groups is 1. The van der Waals surface area contributed by atoms with Crippen molar-refractivity contribution in [2.24, 2.45) is 0 Å². The van der Waals surface area contributed by atoms with Crippen LogP contribution in [0.25, 0.3) is 90.9 Å². The van der Waals surface area contributed by atoms with E-state index in [2.05, 4.69) is 185 Å². The molecule has 3 N–H and O–H groups in total. The molecular weight excluding hydrogens is 697 g/mol. The molecule has 5 heteroatoms. The Morgan fingerprint density at radius 2 is 0.667 bits per heavy atom. The van der Waals surface area contributed by atoms with Crippen LogP contribution in [0.1, 0.15) is 75.4 Å². The summed E-state index contributed by atoms with van der Waals surface area (Å²) in [6.07, 6.45) is 8.52. The van der Waals surface area contributed by atoms with Crippen molar-refractivity contribution < 1.29 is 5.11 Å². The van der Waals surface area contributed by atoms with Gasteiger partial charge in [-0.25, -0.2) is 9.97 Å². The van der Waals surface area contributed by atoms with E-state index >= 15 is 0 Å². The zero-order valence-electron chi connectivity index (χ0n) is 33.3. The smallest absolute Gasteiger partial charge is 0.123 e. The van der Waals surface area contributed by atoms with Crippen LogP contribution in [0, 0.1) is 0 Å². The summed E-state index contributed by atoms with van der Waals surface area (Å²) in [5.41, 5.74) is 16.6. The maximum absolute atomic E-state index is 11.8. The molecular formula is C52H46N4O. The van der Waals surface area contributed by atoms with Gasteiger partial charge in [-0.1, -0.05) is 133 Å². The Morgan fingerprint density at radius 3 is 0.947 bits per heavy atom. The standard InChI is InChI=1S/C52H46N4O/c1-51(2,3)36-30-35(31-37(50(36)57)52(4,5)6)49-44-28-26-42(55-44)47(33-18-12-8-13-19-33)40-24-22-38(53-40)46(32-16-10-7-11-17-32)39-23-25-41(54-39)48(34-20-14-9-15-21-34)43-27-29-45(49)56-43/h7-31,53,56-57H,1-6H3. The lowest BCUT2D eigenvalue weighted by Gasteiger charge is -2.28. The molecule has 4 aromatic carbocycles. The number of rotatable bonds is 4. The predicted octanol–water partition coefficient (Wildman–Crippen LogP) is 13.6. The fourth-order valence-electron chi connectivity index (χ4n) is 8.16. The topological polar surface area (TPSA) is 77.6 Å². The molecule has 5 heterocycles. The van der Waals surface area contributed by atoms with Crippen LogP contribution in [0.15, 0.2) is 127 Å². The predicted molar refractivity (Wildman–Crippen MR) is 240 cm³/mol. The minimum atomic E-state index is -0.310. The first-order valence-corrected chi connectivity index (χ1v) is 19.6. The van der Waals surface area contributed by atoms with Crippen LogP contribution >= 0.6 is 0 Å². The van der Waals surface area contributed by atoms with E-state index in [1.165, 1.54) is 0 Å². The van der Waals surface area contributed by atoms with E-state index < -0.39 is 0 Å². The van der Waals surface area contributed by atoms with Crippen LogP contribution in [0.2, 0.25) is 0 Å². The van der Waals surface area contributed by atoms with Gasteiger partial charge in [-0.2, -0.15) is 0 Å². The van der Waals surface area contributed by atoms with Gasteiger partial charge in [0.15, 0.2) is 0 Å². The molecule has 2 aliphatic rings. The summed E-state index contributed by atoms with van der Waals surface area (Å²) in [5, 5.41) is 11.8. The average Bonchev–Trinajstić information content (AvgIpc) is 4.04. The highest BCUT2D eigenvalue weighted by Gasteiger charge is 2.28. The van der Waals surface area contributed by atoms with Gasteiger partial charge >= 0.3 is 0 Å². The Hall–Kier alpha value is -6.72. The number of nitrogens with zero attached hydrogens (tertiary/aromatic N) is 2. The SMILES string of the molecule is CC(C)(C)c1cc(-c2c3nc(c(-c4ccccc4)c4ccc([nH]4)c(-c4ccccc4)c4nc(c(-c5ccccc5)c5ccc2[nH]5)C=C4)C=C3)cc(C(C)(C)C)c1O. The Labute approximate surface area is 334 Å². The molecule has 0 spiro atoms. The van der Waals surface area contributed by atoms with E-state index in [9.17, 15) is 5.11 Å². The Kier molecular flexibility index (Phi) is 8.70. The lowest BCUT2D eigenvalue weighted by atomic mass is 9.77. The molecule has 0 radical (unpaired) electrons. The van der Waals surface area contributed by atoms with Crippen molar-refractivity contribution in [3.05, 3.63) is 161 Å². The van der Waals surface area contributed by atoms with Crippen molar-refractivity contribution in [3.8, 4) is 50.3 Å². The highest BCUT2D eigenvalue weighted by Crippen LogP contribution is 2.44. The monoisotopic (exact) mass is 742 g/mol. The molecule has 0 amide bonds. The highest BCUT2D eigenvalue weighted by molar-refractivity contribution is 6.00. The number of phenolic OH excluding ortho intramolecular Hbond substituents is 1. The third kappa shape index (κ3) is 6.59. The summed E-state index contributed by atoms with van der Waals surface area (Å²) in [5.74, 6) is 0.350. The zero-order valence-corrected chi connectivity index (χ0v) is 33.3. The normalized spacial score (nSPS) is 12.7. The molecule has 9 rings (SSSR count). The summed E-state index contributed by atoms with van der Waals surface area (Å²) in [6.45, 7) is 12.9. The lowest BCUT2D eigenvalue weighted by Crippen LogP contribution is -2.17. The molecule has 2 aliphatic heterocycles. The summed E-state index contributed by atoms with van der Waals surface area (Å²) >= 11 is 0. The molecule has 57 heavy (non-hydrogen) atoms. The van der Waals surface area contributed by atoms with E-state index in [1.54, 1.807) is 0 Å². The number of hydrogen-bond donors (Lipinski definition) is 3. The van der Waals surface area contributed by atoms with E-state index in [4.69, 9.17) is 9.97 Å². The van der Waals surface area contributed by atoms with Gasteiger partial charge in [-0.05, 0) is 93.8 Å². The number of aromatic nitrogens is 4. The number of aromatic amines is 2. The quantitative estimate of drug-likeness (QED) is 0.168. The van der Waals surface area contributed by atoms with E-state index in [0.717, 1.165) is 100 Å². The second kappa shape index (κ2) is 13.8.